The van der Waals surface area contributed by atoms with Crippen molar-refractivity contribution >= 4 is 0 Å². The summed E-state index contributed by atoms with van der Waals surface area (Å²) in [5.74, 6) is 0. The van der Waals surface area contributed by atoms with Gasteiger partial charge in [-0.15, -0.1) is 0 Å². The Balaban J connectivity index is 1.94. The van der Waals surface area contributed by atoms with Gasteiger partial charge in [-0.1, -0.05) is 12.8 Å². The molecular formula is C10H20N2. The molecule has 0 aliphatic carbocycles. The first-order valence-electron chi connectivity index (χ1n) is 5.33. The van der Waals surface area contributed by atoms with E-state index in [-0.39, 0.29) is 0 Å². The number of nitrogens with one attached hydrogen (secondary N) is 1. The molecule has 2 fully saturated rings. The van der Waals surface area contributed by atoms with Gasteiger partial charge in [-0.25, -0.2) is 0 Å². The largest absolute Gasteiger partial charge is 0.311 e. The van der Waals surface area contributed by atoms with E-state index in [0.29, 0.717) is 6.04 Å². The molecule has 2 aliphatic heterocycles. The molecule has 0 spiro atoms. The second-order valence-corrected chi connectivity index (χ2v) is 4.31. The molecule has 70 valence electrons. The van der Waals surface area contributed by atoms with Gasteiger partial charge in [-0.2, -0.15) is 0 Å². The third kappa shape index (κ3) is 1.80. The topological polar surface area (TPSA) is 15.3 Å². The van der Waals surface area contributed by atoms with Gasteiger partial charge in [0.25, 0.3) is 0 Å². The molecular weight excluding hydrogens is 148 g/mol. The number of nitrogens with zero attached hydrogens (tertiary/aromatic N) is 1. The molecule has 0 aromatic heterocycles. The summed E-state index contributed by atoms with van der Waals surface area (Å²) in [6.45, 7) is 6.13. The fourth-order valence-electron chi connectivity index (χ4n) is 2.46. The van der Waals surface area contributed by atoms with Crippen LogP contribution in [0.25, 0.3) is 0 Å². The van der Waals surface area contributed by atoms with Gasteiger partial charge < -0.3 is 5.32 Å². The predicted octanol–water partition coefficient (Wildman–Crippen LogP) is 1.22. The molecule has 2 atom stereocenters. The highest BCUT2D eigenvalue weighted by atomic mass is 15.2. The van der Waals surface area contributed by atoms with Crippen molar-refractivity contribution in [3.8, 4) is 0 Å². The standard InChI is InChI=1S/C10H20N2/c1-9-8-12-6-4-2-3-5-10(12)7-11-9/h9-11H,2-8H2,1H3. The zero-order valence-electron chi connectivity index (χ0n) is 8.05. The third-order valence-electron chi connectivity index (χ3n) is 3.21. The minimum atomic E-state index is 0.708. The van der Waals surface area contributed by atoms with Gasteiger partial charge in [0.2, 0.25) is 0 Å². The smallest absolute Gasteiger partial charge is 0.0221 e. The quantitative estimate of drug-likeness (QED) is 0.585. The minimum Gasteiger partial charge on any atom is -0.311 e. The summed E-state index contributed by atoms with van der Waals surface area (Å²) in [5, 5.41) is 3.57. The van der Waals surface area contributed by atoms with Crippen molar-refractivity contribution in [2.45, 2.75) is 44.7 Å². The second kappa shape index (κ2) is 3.75. The van der Waals surface area contributed by atoms with Crippen molar-refractivity contribution < 1.29 is 0 Å². The molecule has 2 heteroatoms. The molecule has 2 rings (SSSR count). The summed E-state index contributed by atoms with van der Waals surface area (Å²) in [6.07, 6.45) is 5.72. The molecule has 2 aliphatic rings. The van der Waals surface area contributed by atoms with Crippen LogP contribution in [0.1, 0.15) is 32.6 Å². The lowest BCUT2D eigenvalue weighted by Crippen LogP contribution is -2.54. The molecule has 0 amide bonds. The van der Waals surface area contributed by atoms with Gasteiger partial charge in [0, 0.05) is 25.2 Å². The zero-order valence-corrected chi connectivity index (χ0v) is 8.05. The molecule has 0 bridgehead atoms. The highest BCUT2D eigenvalue weighted by Gasteiger charge is 2.26. The highest BCUT2D eigenvalue weighted by Crippen LogP contribution is 2.18. The lowest BCUT2D eigenvalue weighted by atomic mass is 10.1. The Morgan fingerprint density at radius 2 is 2.17 bits per heavy atom. The van der Waals surface area contributed by atoms with Gasteiger partial charge in [-0.05, 0) is 26.3 Å². The first-order chi connectivity index (χ1) is 5.86. The van der Waals surface area contributed by atoms with E-state index in [1.54, 1.807) is 0 Å². The van der Waals surface area contributed by atoms with E-state index in [1.807, 2.05) is 0 Å². The van der Waals surface area contributed by atoms with Crippen molar-refractivity contribution in [2.75, 3.05) is 19.6 Å². The van der Waals surface area contributed by atoms with Crippen LogP contribution in [0.3, 0.4) is 0 Å². The van der Waals surface area contributed by atoms with Crippen molar-refractivity contribution in [3.63, 3.8) is 0 Å². The Hall–Kier alpha value is -0.0800. The molecule has 2 nitrogen and oxygen atoms in total. The molecule has 0 saturated carbocycles. The van der Waals surface area contributed by atoms with Crippen LogP contribution in [0.15, 0.2) is 0 Å². The van der Waals surface area contributed by atoms with Crippen LogP contribution in [-0.2, 0) is 0 Å². The van der Waals surface area contributed by atoms with Crippen molar-refractivity contribution in [1.82, 2.24) is 10.2 Å². The Morgan fingerprint density at radius 1 is 1.25 bits per heavy atom. The zero-order chi connectivity index (χ0) is 8.39. The Kier molecular flexibility index (Phi) is 2.66. The number of hydrogen-bond donors (Lipinski definition) is 1. The average molecular weight is 168 g/mol. The van der Waals surface area contributed by atoms with Crippen LogP contribution in [0, 0.1) is 0 Å². The molecule has 0 aromatic carbocycles. The maximum atomic E-state index is 3.57. The van der Waals surface area contributed by atoms with E-state index in [9.17, 15) is 0 Å². The van der Waals surface area contributed by atoms with Gasteiger partial charge in [0.05, 0.1) is 0 Å². The van der Waals surface area contributed by atoms with Gasteiger partial charge >= 0.3 is 0 Å². The maximum Gasteiger partial charge on any atom is 0.0221 e. The molecule has 0 aromatic rings. The van der Waals surface area contributed by atoms with Gasteiger partial charge in [-0.3, -0.25) is 4.90 Å². The van der Waals surface area contributed by atoms with Crippen LogP contribution in [0.2, 0.25) is 0 Å². The van der Waals surface area contributed by atoms with Crippen molar-refractivity contribution in [2.24, 2.45) is 0 Å². The summed E-state index contributed by atoms with van der Waals surface area (Å²) < 4.78 is 0. The normalized spacial score (nSPS) is 38.8. The van der Waals surface area contributed by atoms with E-state index in [0.717, 1.165) is 6.04 Å². The van der Waals surface area contributed by atoms with Gasteiger partial charge in [0.15, 0.2) is 0 Å². The lowest BCUT2D eigenvalue weighted by Gasteiger charge is -2.38. The number of rotatable bonds is 0. The van der Waals surface area contributed by atoms with E-state index < -0.39 is 0 Å². The van der Waals surface area contributed by atoms with E-state index in [1.165, 1.54) is 45.3 Å². The minimum absolute atomic E-state index is 0.708. The summed E-state index contributed by atoms with van der Waals surface area (Å²) >= 11 is 0. The fourth-order valence-corrected chi connectivity index (χ4v) is 2.46. The predicted molar refractivity (Wildman–Crippen MR) is 51.3 cm³/mol. The summed E-state index contributed by atoms with van der Waals surface area (Å²) in [4.78, 5) is 2.69. The molecule has 12 heavy (non-hydrogen) atoms. The molecule has 2 heterocycles. The summed E-state index contributed by atoms with van der Waals surface area (Å²) in [6, 6.07) is 1.56. The SMILES string of the molecule is CC1CN2CCCCCC2CN1. The second-order valence-electron chi connectivity index (χ2n) is 4.31. The monoisotopic (exact) mass is 168 g/mol. The Labute approximate surface area is 75.3 Å². The maximum absolute atomic E-state index is 3.57. The van der Waals surface area contributed by atoms with Crippen LogP contribution >= 0.6 is 0 Å². The first kappa shape index (κ1) is 8.52. The lowest BCUT2D eigenvalue weighted by molar-refractivity contribution is 0.138. The van der Waals surface area contributed by atoms with Crippen LogP contribution < -0.4 is 5.32 Å². The third-order valence-corrected chi connectivity index (χ3v) is 3.21. The Bertz CT molecular complexity index is 147. The Morgan fingerprint density at radius 3 is 3.08 bits per heavy atom. The summed E-state index contributed by atoms with van der Waals surface area (Å²) in [7, 11) is 0. The van der Waals surface area contributed by atoms with E-state index >= 15 is 0 Å². The summed E-state index contributed by atoms with van der Waals surface area (Å²) in [5.41, 5.74) is 0. The fraction of sp³-hybridized carbons (Fsp3) is 1.00. The molecule has 1 N–H and O–H groups in total. The van der Waals surface area contributed by atoms with Crippen LogP contribution in [0.5, 0.6) is 0 Å². The van der Waals surface area contributed by atoms with Crippen LogP contribution in [-0.4, -0.2) is 36.6 Å². The first-order valence-corrected chi connectivity index (χ1v) is 5.33. The van der Waals surface area contributed by atoms with Crippen molar-refractivity contribution in [3.05, 3.63) is 0 Å². The molecule has 2 saturated heterocycles. The highest BCUT2D eigenvalue weighted by molar-refractivity contribution is 4.85. The average Bonchev–Trinajstić information content (AvgIpc) is 2.28. The van der Waals surface area contributed by atoms with Crippen molar-refractivity contribution in [1.29, 1.82) is 0 Å². The molecule has 0 radical (unpaired) electrons. The number of piperazine rings is 1. The number of hydrogen-bond acceptors (Lipinski definition) is 2. The van der Waals surface area contributed by atoms with Crippen LogP contribution in [0.4, 0.5) is 0 Å². The van der Waals surface area contributed by atoms with E-state index in [2.05, 4.69) is 17.1 Å². The number of fused-ring (bicyclic) bond motifs is 1. The van der Waals surface area contributed by atoms with E-state index in [4.69, 9.17) is 0 Å². The molecule has 2 unspecified atom stereocenters. The van der Waals surface area contributed by atoms with Gasteiger partial charge in [0.1, 0.15) is 0 Å².